The Labute approximate surface area is 190 Å². The molecule has 168 valence electrons. The maximum absolute atomic E-state index is 13.2. The first-order valence-corrected chi connectivity index (χ1v) is 11.3. The van der Waals surface area contributed by atoms with Crippen LogP contribution in [0.25, 0.3) is 33.0 Å². The topological polar surface area (TPSA) is 88.7 Å². The number of ether oxygens (including phenoxy) is 1. The van der Waals surface area contributed by atoms with E-state index in [1.54, 1.807) is 0 Å². The number of fused-ring (bicyclic) bond motifs is 12. The molecule has 1 unspecified atom stereocenters. The fourth-order valence-electron chi connectivity index (χ4n) is 5.18. The molecule has 0 aliphatic carbocycles. The Kier molecular flexibility index (Phi) is 4.83. The maximum Gasteiger partial charge on any atom is 0.254 e. The first kappa shape index (κ1) is 20.2. The molecule has 3 N–H and O–H groups in total. The number of aliphatic hydroxyl groups excluding tert-OH is 2. The van der Waals surface area contributed by atoms with E-state index in [0.717, 1.165) is 32.9 Å². The fraction of sp³-hybridized carbons (Fsp3) is 0.269. The van der Waals surface area contributed by atoms with Gasteiger partial charge in [0.15, 0.2) is 6.23 Å². The number of rotatable bonds is 1. The summed E-state index contributed by atoms with van der Waals surface area (Å²) in [5, 5.41) is 25.5. The normalized spacial score (nSPS) is 21.3. The van der Waals surface area contributed by atoms with Gasteiger partial charge in [-0.2, -0.15) is 0 Å². The molecule has 0 radical (unpaired) electrons. The van der Waals surface area contributed by atoms with E-state index in [0.29, 0.717) is 37.3 Å². The van der Waals surface area contributed by atoms with Crippen LogP contribution < -0.4 is 5.32 Å². The second kappa shape index (κ2) is 7.88. The van der Waals surface area contributed by atoms with Gasteiger partial charge < -0.3 is 29.4 Å². The van der Waals surface area contributed by atoms with E-state index < -0.39 is 6.23 Å². The minimum absolute atomic E-state index is 0.0480. The first-order chi connectivity index (χ1) is 16.2. The summed E-state index contributed by atoms with van der Waals surface area (Å²) in [5.74, 6) is -0.277. The van der Waals surface area contributed by atoms with Crippen LogP contribution in [0.1, 0.15) is 17.5 Å². The largest absolute Gasteiger partial charge is 0.394 e. The molecule has 2 aromatic heterocycles. The van der Waals surface area contributed by atoms with Gasteiger partial charge in [0.1, 0.15) is 0 Å². The number of para-hydroxylation sites is 2. The Morgan fingerprint density at radius 3 is 2.30 bits per heavy atom. The molecule has 0 spiro atoms. The predicted molar refractivity (Wildman–Crippen MR) is 126 cm³/mol. The van der Waals surface area contributed by atoms with Gasteiger partial charge in [-0.05, 0) is 18.6 Å². The van der Waals surface area contributed by atoms with Gasteiger partial charge in [0.25, 0.3) is 5.91 Å². The Bertz CT molecular complexity index is 1410. The molecule has 0 saturated heterocycles. The molecule has 7 heteroatoms. The Morgan fingerprint density at radius 2 is 1.58 bits per heavy atom. The fourth-order valence-corrected chi connectivity index (χ4v) is 5.18. The second-order valence-corrected chi connectivity index (χ2v) is 8.64. The molecule has 2 atom stereocenters. The quantitative estimate of drug-likeness (QED) is 0.422. The lowest BCUT2D eigenvalue weighted by atomic mass is 9.95. The Morgan fingerprint density at radius 1 is 0.939 bits per heavy atom. The summed E-state index contributed by atoms with van der Waals surface area (Å²) in [7, 11) is 0. The molecule has 0 saturated carbocycles. The molecule has 33 heavy (non-hydrogen) atoms. The number of benzene rings is 2. The monoisotopic (exact) mass is 443 g/mol. The van der Waals surface area contributed by atoms with E-state index in [-0.39, 0.29) is 18.6 Å². The molecule has 4 aromatic rings. The number of aliphatic hydroxyl groups is 2. The van der Waals surface area contributed by atoms with Crippen LogP contribution >= 0.6 is 0 Å². The van der Waals surface area contributed by atoms with Crippen molar-refractivity contribution >= 4 is 38.9 Å². The van der Waals surface area contributed by atoms with Gasteiger partial charge in [-0.15, -0.1) is 0 Å². The average Bonchev–Trinajstić information content (AvgIpc) is 3.46. The molecule has 0 fully saturated rings. The van der Waals surface area contributed by atoms with Crippen molar-refractivity contribution in [1.29, 1.82) is 0 Å². The van der Waals surface area contributed by atoms with Gasteiger partial charge in [-0.25, -0.2) is 0 Å². The molecule has 1 amide bonds. The van der Waals surface area contributed by atoms with Crippen molar-refractivity contribution in [3.63, 3.8) is 0 Å². The van der Waals surface area contributed by atoms with E-state index in [2.05, 4.69) is 14.5 Å². The van der Waals surface area contributed by atoms with E-state index in [1.807, 2.05) is 60.9 Å². The van der Waals surface area contributed by atoms with Crippen molar-refractivity contribution in [3.05, 3.63) is 72.1 Å². The zero-order valence-corrected chi connectivity index (χ0v) is 18.1. The third-order valence-corrected chi connectivity index (χ3v) is 6.76. The van der Waals surface area contributed by atoms with Crippen molar-refractivity contribution in [1.82, 2.24) is 14.5 Å². The van der Waals surface area contributed by atoms with Crippen LogP contribution in [0.3, 0.4) is 0 Å². The van der Waals surface area contributed by atoms with Crippen LogP contribution in [0.2, 0.25) is 0 Å². The summed E-state index contributed by atoms with van der Waals surface area (Å²) in [6.07, 6.45) is 3.26. The maximum atomic E-state index is 13.2. The molecule has 2 aromatic carbocycles. The lowest BCUT2D eigenvalue weighted by Gasteiger charge is -2.17. The summed E-state index contributed by atoms with van der Waals surface area (Å²) < 4.78 is 10.2. The van der Waals surface area contributed by atoms with Crippen LogP contribution in [0.4, 0.5) is 0 Å². The van der Waals surface area contributed by atoms with E-state index in [4.69, 9.17) is 4.74 Å². The lowest BCUT2D eigenvalue weighted by Crippen LogP contribution is -2.27. The second-order valence-electron chi connectivity index (χ2n) is 8.64. The van der Waals surface area contributed by atoms with Crippen LogP contribution in [0, 0.1) is 0 Å². The zero-order valence-electron chi connectivity index (χ0n) is 18.1. The van der Waals surface area contributed by atoms with E-state index in [9.17, 15) is 15.0 Å². The molecule has 6 rings (SSSR count). The molecule has 2 aliphatic heterocycles. The van der Waals surface area contributed by atoms with Gasteiger partial charge in [0.2, 0.25) is 0 Å². The number of nitrogens with zero attached hydrogens (tertiary/aromatic N) is 2. The van der Waals surface area contributed by atoms with Crippen LogP contribution in [-0.4, -0.2) is 50.8 Å². The standard InChI is InChI=1S/C26H25N3O4/c30-15-16-9-10-28-13-19(17-5-1-3-7-21(17)28)23-24(26(32)27-25(23)31)20-14-29(11-12-33-16)22-8-4-2-6-18(20)22/h1-8,13-14,16,26,30,32H,9-12,15H2,(H,27,31)/t16-,26?/m0/s1. The summed E-state index contributed by atoms with van der Waals surface area (Å²) in [6.45, 7) is 1.65. The van der Waals surface area contributed by atoms with Gasteiger partial charge in [0.05, 0.1) is 24.9 Å². The van der Waals surface area contributed by atoms with Crippen LogP contribution in [0.5, 0.6) is 0 Å². The highest BCUT2D eigenvalue weighted by Gasteiger charge is 2.35. The average molecular weight is 444 g/mol. The highest BCUT2D eigenvalue weighted by molar-refractivity contribution is 6.33. The molecule has 4 heterocycles. The Hall–Kier alpha value is -3.39. The van der Waals surface area contributed by atoms with Crippen molar-refractivity contribution in [2.45, 2.75) is 31.8 Å². The summed E-state index contributed by atoms with van der Waals surface area (Å²) in [6, 6.07) is 16.0. The third kappa shape index (κ3) is 3.20. The number of amides is 1. The summed E-state index contributed by atoms with van der Waals surface area (Å²) >= 11 is 0. The number of aryl methyl sites for hydroxylation is 1. The van der Waals surface area contributed by atoms with Crippen LogP contribution in [0.15, 0.2) is 60.9 Å². The van der Waals surface area contributed by atoms with E-state index >= 15 is 0 Å². The first-order valence-electron chi connectivity index (χ1n) is 11.3. The van der Waals surface area contributed by atoms with Gasteiger partial charge in [-0.3, -0.25) is 4.79 Å². The molecule has 7 nitrogen and oxygen atoms in total. The van der Waals surface area contributed by atoms with Crippen molar-refractivity contribution in [3.8, 4) is 0 Å². The van der Waals surface area contributed by atoms with Crippen molar-refractivity contribution < 1.29 is 19.7 Å². The predicted octanol–water partition coefficient (Wildman–Crippen LogP) is 2.74. The number of hydrogen-bond donors (Lipinski definition) is 3. The number of aromatic nitrogens is 2. The van der Waals surface area contributed by atoms with Crippen molar-refractivity contribution in [2.75, 3.05) is 13.2 Å². The number of carbonyl (C=O) groups excluding carboxylic acids is 1. The SMILES string of the molecule is O=C1NC(O)C2=C1c1cn(c3ccccc13)CC[C@@H](CO)OCCn1cc2c2ccccc21. The smallest absolute Gasteiger partial charge is 0.254 e. The molecule has 4 bridgehead atoms. The molecule has 2 aliphatic rings. The van der Waals surface area contributed by atoms with Gasteiger partial charge >= 0.3 is 0 Å². The molecular formula is C26H25N3O4. The third-order valence-electron chi connectivity index (χ3n) is 6.76. The summed E-state index contributed by atoms with van der Waals surface area (Å²) in [5.41, 5.74) is 4.75. The molecular weight excluding hydrogens is 418 g/mol. The lowest BCUT2D eigenvalue weighted by molar-refractivity contribution is -0.116. The highest BCUT2D eigenvalue weighted by Crippen LogP contribution is 2.40. The van der Waals surface area contributed by atoms with Gasteiger partial charge in [0, 0.05) is 64.0 Å². The number of nitrogens with one attached hydrogen (secondary N) is 1. The van der Waals surface area contributed by atoms with Gasteiger partial charge in [-0.1, -0.05) is 36.4 Å². The Balaban J connectivity index is 1.67. The zero-order chi connectivity index (χ0) is 22.5. The van der Waals surface area contributed by atoms with Crippen molar-refractivity contribution in [2.24, 2.45) is 0 Å². The van der Waals surface area contributed by atoms with Crippen LogP contribution in [-0.2, 0) is 22.6 Å². The number of carbonyl (C=O) groups is 1. The number of hydrogen-bond acceptors (Lipinski definition) is 4. The highest BCUT2D eigenvalue weighted by atomic mass is 16.5. The summed E-state index contributed by atoms with van der Waals surface area (Å²) in [4.78, 5) is 13.2. The minimum atomic E-state index is -1.09. The van der Waals surface area contributed by atoms with E-state index in [1.165, 1.54) is 0 Å². The minimum Gasteiger partial charge on any atom is -0.394 e.